The van der Waals surface area contributed by atoms with E-state index in [0.717, 1.165) is 0 Å². The van der Waals surface area contributed by atoms with Crippen LogP contribution in [0, 0.1) is 0 Å². The second kappa shape index (κ2) is 1.47. The Labute approximate surface area is 47.5 Å². The summed E-state index contributed by atoms with van der Waals surface area (Å²) in [5.74, 6) is 0.162. The molecule has 42 valence electrons. The van der Waals surface area contributed by atoms with Crippen LogP contribution in [0.15, 0.2) is 24.5 Å². The third kappa shape index (κ3) is 0.644. The van der Waals surface area contributed by atoms with E-state index in [2.05, 4.69) is 17.9 Å². The summed E-state index contributed by atoms with van der Waals surface area (Å²) in [5.41, 5.74) is 0.690. The normalized spacial score (nSPS) is 19.2. The third-order valence-electron chi connectivity index (χ3n) is 0.989. The molecule has 0 saturated carbocycles. The summed E-state index contributed by atoms with van der Waals surface area (Å²) < 4.78 is 4.54. The number of carbonyl (C=O) groups is 1. The van der Waals surface area contributed by atoms with Crippen LogP contribution in [0.2, 0.25) is 0 Å². The average Bonchev–Trinajstić information content (AvgIpc) is 1.85. The lowest BCUT2D eigenvalue weighted by Crippen LogP contribution is -1.87. The lowest BCUT2D eigenvalue weighted by molar-refractivity contribution is -0.135. The molecule has 1 saturated heterocycles. The van der Waals surface area contributed by atoms with Gasteiger partial charge in [-0.3, -0.25) is 4.79 Å². The van der Waals surface area contributed by atoms with Crippen molar-refractivity contribution in [3.63, 3.8) is 0 Å². The second-order valence-electron chi connectivity index (χ2n) is 1.68. The van der Waals surface area contributed by atoms with Crippen molar-refractivity contribution >= 4 is 5.97 Å². The molecular weight excluding hydrogens is 104 g/mol. The van der Waals surface area contributed by atoms with Gasteiger partial charge in [0.2, 0.25) is 0 Å². The van der Waals surface area contributed by atoms with Gasteiger partial charge < -0.3 is 4.74 Å². The molecule has 0 unspecified atom stereocenters. The van der Waals surface area contributed by atoms with Crippen molar-refractivity contribution in [2.75, 3.05) is 0 Å². The zero-order chi connectivity index (χ0) is 6.15. The predicted molar refractivity (Wildman–Crippen MR) is 29.0 cm³/mol. The molecule has 1 fully saturated rings. The van der Waals surface area contributed by atoms with Crippen LogP contribution in [0.1, 0.15) is 6.42 Å². The number of hydrogen-bond acceptors (Lipinski definition) is 2. The van der Waals surface area contributed by atoms with Crippen LogP contribution in [-0.2, 0) is 9.53 Å². The molecule has 0 N–H and O–H groups in total. The molecule has 0 aromatic heterocycles. The second-order valence-corrected chi connectivity index (χ2v) is 1.68. The summed E-state index contributed by atoms with van der Waals surface area (Å²) in [5, 5.41) is 0. The summed E-state index contributed by atoms with van der Waals surface area (Å²) in [6.07, 6.45) is 0.304. The van der Waals surface area contributed by atoms with Crippen LogP contribution in [0.25, 0.3) is 0 Å². The number of carbonyl (C=O) groups excluding carboxylic acids is 1. The van der Waals surface area contributed by atoms with E-state index in [0.29, 0.717) is 17.8 Å². The van der Waals surface area contributed by atoms with Gasteiger partial charge in [-0.25, -0.2) is 0 Å². The molecule has 0 aliphatic carbocycles. The van der Waals surface area contributed by atoms with Gasteiger partial charge in [-0.2, -0.15) is 0 Å². The van der Waals surface area contributed by atoms with Gasteiger partial charge in [0.25, 0.3) is 0 Å². The van der Waals surface area contributed by atoms with E-state index in [9.17, 15) is 4.79 Å². The standard InChI is InChI=1S/C6H6O2/c1-4-3-6(7)8-5(4)2/h1-3H2. The summed E-state index contributed by atoms with van der Waals surface area (Å²) in [7, 11) is 0. The molecule has 0 spiro atoms. The highest BCUT2D eigenvalue weighted by molar-refractivity contribution is 5.79. The maximum atomic E-state index is 10.3. The maximum Gasteiger partial charge on any atom is 0.315 e. The van der Waals surface area contributed by atoms with Crippen LogP contribution in [0.4, 0.5) is 0 Å². The molecule has 0 aromatic rings. The fourth-order valence-corrected chi connectivity index (χ4v) is 0.518. The Hall–Kier alpha value is -1.05. The monoisotopic (exact) mass is 110 g/mol. The van der Waals surface area contributed by atoms with Gasteiger partial charge >= 0.3 is 5.97 Å². The summed E-state index contributed by atoms with van der Waals surface area (Å²) in [6.45, 7) is 6.98. The summed E-state index contributed by atoms with van der Waals surface area (Å²) in [6, 6.07) is 0. The number of hydrogen-bond donors (Lipinski definition) is 0. The molecule has 1 rings (SSSR count). The van der Waals surface area contributed by atoms with Gasteiger partial charge in [-0.05, 0) is 5.57 Å². The van der Waals surface area contributed by atoms with Gasteiger partial charge in [-0.15, -0.1) is 0 Å². The molecule has 1 heterocycles. The van der Waals surface area contributed by atoms with Crippen molar-refractivity contribution in [2.24, 2.45) is 0 Å². The number of ether oxygens (including phenoxy) is 1. The van der Waals surface area contributed by atoms with E-state index in [4.69, 9.17) is 0 Å². The molecule has 2 heteroatoms. The van der Waals surface area contributed by atoms with Crippen molar-refractivity contribution in [1.29, 1.82) is 0 Å². The Kier molecular flexibility index (Phi) is 0.938. The van der Waals surface area contributed by atoms with E-state index in [1.807, 2.05) is 0 Å². The Morgan fingerprint density at radius 1 is 1.50 bits per heavy atom. The molecule has 8 heavy (non-hydrogen) atoms. The van der Waals surface area contributed by atoms with E-state index in [1.54, 1.807) is 0 Å². The SMILES string of the molecule is C=C1CC(=O)OC1=C. The Morgan fingerprint density at radius 2 is 2.12 bits per heavy atom. The molecule has 1 aliphatic heterocycles. The number of rotatable bonds is 0. The molecule has 0 radical (unpaired) electrons. The minimum absolute atomic E-state index is 0.250. The van der Waals surface area contributed by atoms with Gasteiger partial charge in [0.15, 0.2) is 0 Å². The van der Waals surface area contributed by atoms with E-state index in [-0.39, 0.29) is 5.97 Å². The van der Waals surface area contributed by atoms with Gasteiger partial charge in [0.1, 0.15) is 5.76 Å². The van der Waals surface area contributed by atoms with Crippen molar-refractivity contribution in [1.82, 2.24) is 0 Å². The lowest BCUT2D eigenvalue weighted by Gasteiger charge is -1.87. The Morgan fingerprint density at radius 3 is 2.25 bits per heavy atom. The zero-order valence-electron chi connectivity index (χ0n) is 4.44. The third-order valence-corrected chi connectivity index (χ3v) is 0.989. The summed E-state index contributed by atoms with van der Waals surface area (Å²) in [4.78, 5) is 10.3. The van der Waals surface area contributed by atoms with Crippen LogP contribution in [0.3, 0.4) is 0 Å². The largest absolute Gasteiger partial charge is 0.427 e. The first-order valence-corrected chi connectivity index (χ1v) is 2.28. The molecule has 0 aromatic carbocycles. The Balaban J connectivity index is 2.79. The number of allylic oxidation sites excluding steroid dienone is 1. The molecule has 0 atom stereocenters. The van der Waals surface area contributed by atoms with Crippen LogP contribution in [0.5, 0.6) is 0 Å². The van der Waals surface area contributed by atoms with Gasteiger partial charge in [0, 0.05) is 0 Å². The quantitative estimate of drug-likeness (QED) is 0.435. The molecule has 0 amide bonds. The highest BCUT2D eigenvalue weighted by Crippen LogP contribution is 2.20. The minimum atomic E-state index is -0.250. The first kappa shape index (κ1) is 5.09. The highest BCUT2D eigenvalue weighted by Gasteiger charge is 2.18. The minimum Gasteiger partial charge on any atom is -0.427 e. The highest BCUT2D eigenvalue weighted by atomic mass is 16.5. The van der Waals surface area contributed by atoms with Gasteiger partial charge in [0.05, 0.1) is 6.42 Å². The van der Waals surface area contributed by atoms with Gasteiger partial charge in [-0.1, -0.05) is 13.2 Å². The first-order chi connectivity index (χ1) is 3.70. The topological polar surface area (TPSA) is 26.3 Å². The summed E-state index contributed by atoms with van der Waals surface area (Å²) >= 11 is 0. The number of esters is 1. The van der Waals surface area contributed by atoms with Crippen LogP contribution >= 0.6 is 0 Å². The molecular formula is C6H6O2. The van der Waals surface area contributed by atoms with E-state index in [1.165, 1.54) is 0 Å². The van der Waals surface area contributed by atoms with Crippen molar-refractivity contribution in [3.8, 4) is 0 Å². The lowest BCUT2D eigenvalue weighted by atomic mass is 10.2. The van der Waals surface area contributed by atoms with E-state index >= 15 is 0 Å². The molecule has 2 nitrogen and oxygen atoms in total. The average molecular weight is 110 g/mol. The number of cyclic esters (lactones) is 1. The van der Waals surface area contributed by atoms with Crippen LogP contribution in [-0.4, -0.2) is 5.97 Å². The Bertz CT molecular complexity index is 149. The van der Waals surface area contributed by atoms with Crippen molar-refractivity contribution in [2.45, 2.75) is 6.42 Å². The van der Waals surface area contributed by atoms with Crippen molar-refractivity contribution < 1.29 is 9.53 Å². The molecule has 0 bridgehead atoms. The first-order valence-electron chi connectivity index (χ1n) is 2.28. The zero-order valence-corrected chi connectivity index (χ0v) is 4.44. The fourth-order valence-electron chi connectivity index (χ4n) is 0.518. The predicted octanol–water partition coefficient (Wildman–Crippen LogP) is 1.00. The maximum absolute atomic E-state index is 10.3. The van der Waals surface area contributed by atoms with Crippen LogP contribution < -0.4 is 0 Å². The van der Waals surface area contributed by atoms with Crippen molar-refractivity contribution in [3.05, 3.63) is 24.5 Å². The fraction of sp³-hybridized carbons (Fsp3) is 0.167. The molecule has 1 aliphatic rings. The van der Waals surface area contributed by atoms with E-state index < -0.39 is 0 Å². The smallest absolute Gasteiger partial charge is 0.315 e.